The zero-order valence-electron chi connectivity index (χ0n) is 11.2. The number of hydrogen-bond donors (Lipinski definition) is 1. The molecule has 3 rings (SSSR count). The second kappa shape index (κ2) is 5.47. The second-order valence-corrected chi connectivity index (χ2v) is 5.24. The molecule has 1 heterocycles. The van der Waals surface area contributed by atoms with Gasteiger partial charge in [-0.3, -0.25) is 9.69 Å². The number of fused-ring (bicyclic) bond motifs is 1. The Balaban J connectivity index is 1.85. The van der Waals surface area contributed by atoms with Gasteiger partial charge in [0.05, 0.1) is 5.92 Å². The highest BCUT2D eigenvalue weighted by Gasteiger charge is 2.29. The van der Waals surface area contributed by atoms with Gasteiger partial charge in [0.1, 0.15) is 0 Å². The van der Waals surface area contributed by atoms with Crippen LogP contribution in [0.4, 0.5) is 0 Å². The monoisotopic (exact) mass is 267 g/mol. The van der Waals surface area contributed by atoms with E-state index in [2.05, 4.69) is 17.0 Å². The van der Waals surface area contributed by atoms with Gasteiger partial charge in [0.25, 0.3) is 0 Å². The third-order valence-corrected chi connectivity index (χ3v) is 3.81. The number of hydrogen-bond acceptors (Lipinski definition) is 2. The highest BCUT2D eigenvalue weighted by Crippen LogP contribution is 2.29. The molecule has 1 unspecified atom stereocenters. The van der Waals surface area contributed by atoms with Gasteiger partial charge in [-0.05, 0) is 16.7 Å². The summed E-state index contributed by atoms with van der Waals surface area (Å²) >= 11 is 0. The van der Waals surface area contributed by atoms with E-state index in [-0.39, 0.29) is 0 Å². The summed E-state index contributed by atoms with van der Waals surface area (Å²) in [6.07, 6.45) is 0. The van der Waals surface area contributed by atoms with Crippen molar-refractivity contribution in [2.75, 3.05) is 6.54 Å². The van der Waals surface area contributed by atoms with Crippen molar-refractivity contribution in [3.05, 3.63) is 71.3 Å². The van der Waals surface area contributed by atoms with E-state index < -0.39 is 11.9 Å². The third kappa shape index (κ3) is 2.58. The first-order chi connectivity index (χ1) is 9.74. The third-order valence-electron chi connectivity index (χ3n) is 3.81. The number of carbonyl (C=O) groups is 1. The zero-order chi connectivity index (χ0) is 13.9. The van der Waals surface area contributed by atoms with Crippen LogP contribution in [0.5, 0.6) is 0 Å². The Morgan fingerprint density at radius 2 is 1.80 bits per heavy atom. The SMILES string of the molecule is O=C(O)C1CN(Cc2ccccc2)Cc2ccccc21. The lowest BCUT2D eigenvalue weighted by Crippen LogP contribution is -2.36. The van der Waals surface area contributed by atoms with Crippen LogP contribution in [0.25, 0.3) is 0 Å². The summed E-state index contributed by atoms with van der Waals surface area (Å²) < 4.78 is 0. The van der Waals surface area contributed by atoms with E-state index >= 15 is 0 Å². The molecule has 0 saturated carbocycles. The Morgan fingerprint density at radius 3 is 2.55 bits per heavy atom. The van der Waals surface area contributed by atoms with E-state index in [0.29, 0.717) is 6.54 Å². The first kappa shape index (κ1) is 12.9. The molecule has 1 aliphatic heterocycles. The van der Waals surface area contributed by atoms with Gasteiger partial charge in [-0.1, -0.05) is 54.6 Å². The topological polar surface area (TPSA) is 40.5 Å². The Morgan fingerprint density at radius 1 is 1.10 bits per heavy atom. The van der Waals surface area contributed by atoms with Crippen molar-refractivity contribution < 1.29 is 9.90 Å². The molecule has 1 atom stereocenters. The van der Waals surface area contributed by atoms with Crippen molar-refractivity contribution in [1.82, 2.24) is 4.90 Å². The summed E-state index contributed by atoms with van der Waals surface area (Å²) in [5.74, 6) is -1.17. The number of rotatable bonds is 3. The molecule has 3 nitrogen and oxygen atoms in total. The fraction of sp³-hybridized carbons (Fsp3) is 0.235. The average molecular weight is 267 g/mol. The van der Waals surface area contributed by atoms with Crippen LogP contribution in [0.15, 0.2) is 54.6 Å². The number of carboxylic acids is 1. The second-order valence-electron chi connectivity index (χ2n) is 5.24. The summed E-state index contributed by atoms with van der Waals surface area (Å²) in [6, 6.07) is 18.0. The highest BCUT2D eigenvalue weighted by atomic mass is 16.4. The number of carboxylic acid groups (broad SMARTS) is 1. The van der Waals surface area contributed by atoms with Crippen LogP contribution in [0.3, 0.4) is 0 Å². The molecular formula is C17H17NO2. The molecular weight excluding hydrogens is 250 g/mol. The van der Waals surface area contributed by atoms with E-state index in [0.717, 1.165) is 24.2 Å². The molecule has 0 amide bonds. The lowest BCUT2D eigenvalue weighted by Gasteiger charge is -2.32. The Bertz CT molecular complexity index is 609. The first-order valence-electron chi connectivity index (χ1n) is 6.81. The standard InChI is InChI=1S/C17H17NO2/c19-17(20)16-12-18(10-13-6-2-1-3-7-13)11-14-8-4-5-9-15(14)16/h1-9,16H,10-12H2,(H,19,20). The minimum Gasteiger partial charge on any atom is -0.481 e. The van der Waals surface area contributed by atoms with E-state index in [4.69, 9.17) is 0 Å². The minimum atomic E-state index is -0.741. The fourth-order valence-corrected chi connectivity index (χ4v) is 2.85. The molecule has 0 radical (unpaired) electrons. The lowest BCUT2D eigenvalue weighted by atomic mass is 9.89. The summed E-state index contributed by atoms with van der Waals surface area (Å²) in [5, 5.41) is 9.44. The zero-order valence-corrected chi connectivity index (χ0v) is 11.2. The van der Waals surface area contributed by atoms with Crippen LogP contribution in [0.1, 0.15) is 22.6 Å². The number of benzene rings is 2. The summed E-state index contributed by atoms with van der Waals surface area (Å²) in [4.78, 5) is 13.7. The van der Waals surface area contributed by atoms with Gasteiger partial charge in [0.15, 0.2) is 0 Å². The first-order valence-corrected chi connectivity index (χ1v) is 6.81. The maximum absolute atomic E-state index is 11.5. The van der Waals surface area contributed by atoms with Crippen molar-refractivity contribution in [3.8, 4) is 0 Å². The predicted octanol–water partition coefficient (Wildman–Crippen LogP) is 2.87. The maximum atomic E-state index is 11.5. The van der Waals surface area contributed by atoms with Crippen LogP contribution in [-0.2, 0) is 17.9 Å². The van der Waals surface area contributed by atoms with E-state index in [9.17, 15) is 9.90 Å². The van der Waals surface area contributed by atoms with Crippen LogP contribution in [-0.4, -0.2) is 22.5 Å². The molecule has 0 fully saturated rings. The Kier molecular flexibility index (Phi) is 3.52. The molecule has 0 bridgehead atoms. The molecule has 20 heavy (non-hydrogen) atoms. The van der Waals surface area contributed by atoms with Crippen LogP contribution >= 0.6 is 0 Å². The Hall–Kier alpha value is -2.13. The van der Waals surface area contributed by atoms with Gasteiger partial charge in [-0.25, -0.2) is 0 Å². The van der Waals surface area contributed by atoms with Crippen LogP contribution < -0.4 is 0 Å². The smallest absolute Gasteiger partial charge is 0.312 e. The van der Waals surface area contributed by atoms with E-state index in [1.807, 2.05) is 42.5 Å². The molecule has 0 aromatic heterocycles. The number of aliphatic carboxylic acids is 1. The molecule has 102 valence electrons. The molecule has 3 heteroatoms. The van der Waals surface area contributed by atoms with Crippen molar-refractivity contribution in [2.24, 2.45) is 0 Å². The highest BCUT2D eigenvalue weighted by molar-refractivity contribution is 5.77. The Labute approximate surface area is 118 Å². The summed E-state index contributed by atoms with van der Waals surface area (Å²) in [7, 11) is 0. The molecule has 1 aliphatic rings. The maximum Gasteiger partial charge on any atom is 0.312 e. The number of nitrogens with zero attached hydrogens (tertiary/aromatic N) is 1. The summed E-state index contributed by atoms with van der Waals surface area (Å²) in [6.45, 7) is 2.18. The largest absolute Gasteiger partial charge is 0.481 e. The minimum absolute atomic E-state index is 0.427. The quantitative estimate of drug-likeness (QED) is 0.929. The molecule has 1 N–H and O–H groups in total. The van der Waals surface area contributed by atoms with Crippen LogP contribution in [0.2, 0.25) is 0 Å². The fourth-order valence-electron chi connectivity index (χ4n) is 2.85. The predicted molar refractivity (Wildman–Crippen MR) is 77.4 cm³/mol. The van der Waals surface area contributed by atoms with Crippen molar-refractivity contribution in [3.63, 3.8) is 0 Å². The van der Waals surface area contributed by atoms with Crippen molar-refractivity contribution in [2.45, 2.75) is 19.0 Å². The molecule has 0 aliphatic carbocycles. The lowest BCUT2D eigenvalue weighted by molar-refractivity contribution is -0.139. The van der Waals surface area contributed by atoms with Gasteiger partial charge in [-0.2, -0.15) is 0 Å². The van der Waals surface area contributed by atoms with Gasteiger partial charge in [0.2, 0.25) is 0 Å². The molecule has 0 spiro atoms. The molecule has 0 saturated heterocycles. The molecule has 2 aromatic rings. The van der Waals surface area contributed by atoms with Crippen LogP contribution in [0, 0.1) is 0 Å². The van der Waals surface area contributed by atoms with Crippen molar-refractivity contribution in [1.29, 1.82) is 0 Å². The van der Waals surface area contributed by atoms with Gasteiger partial charge < -0.3 is 5.11 Å². The van der Waals surface area contributed by atoms with Gasteiger partial charge in [-0.15, -0.1) is 0 Å². The molecule has 2 aromatic carbocycles. The van der Waals surface area contributed by atoms with E-state index in [1.165, 1.54) is 5.56 Å². The summed E-state index contributed by atoms with van der Waals surface area (Å²) in [5.41, 5.74) is 3.31. The van der Waals surface area contributed by atoms with Crippen molar-refractivity contribution >= 4 is 5.97 Å². The average Bonchev–Trinajstić information content (AvgIpc) is 2.47. The van der Waals surface area contributed by atoms with Gasteiger partial charge in [0, 0.05) is 19.6 Å². The van der Waals surface area contributed by atoms with E-state index in [1.54, 1.807) is 0 Å². The normalized spacial score (nSPS) is 18.5. The van der Waals surface area contributed by atoms with Gasteiger partial charge >= 0.3 is 5.97 Å².